The smallest absolute Gasteiger partial charge is 0.119 e. The van der Waals surface area contributed by atoms with Gasteiger partial charge in [-0.15, -0.1) is 0 Å². The highest BCUT2D eigenvalue weighted by molar-refractivity contribution is 5.28. The molecule has 0 spiro atoms. The molecule has 0 radical (unpaired) electrons. The molecule has 2 N–H and O–H groups in total. The summed E-state index contributed by atoms with van der Waals surface area (Å²) in [7, 11) is 0. The maximum atomic E-state index is 9.28. The lowest BCUT2D eigenvalue weighted by atomic mass is 10.1. The van der Waals surface area contributed by atoms with Crippen LogP contribution in [0.3, 0.4) is 0 Å². The van der Waals surface area contributed by atoms with E-state index < -0.39 is 0 Å². The summed E-state index contributed by atoms with van der Waals surface area (Å²) in [6.07, 6.45) is 1.39. The maximum Gasteiger partial charge on any atom is 0.119 e. The molecule has 0 amide bonds. The number of aliphatic hydroxyl groups is 2. The van der Waals surface area contributed by atoms with Gasteiger partial charge in [-0.2, -0.15) is 0 Å². The Morgan fingerprint density at radius 2 is 1.48 bits per heavy atom. The number of rotatable bonds is 7. The summed E-state index contributed by atoms with van der Waals surface area (Å²) < 4.78 is 5.73. The lowest BCUT2D eigenvalue weighted by molar-refractivity contribution is 0.185. The predicted octanol–water partition coefficient (Wildman–Crippen LogP) is 3.07. The number of aliphatic hydroxyl groups excluding tert-OH is 2. The minimum atomic E-state index is -0.261. The van der Waals surface area contributed by atoms with Gasteiger partial charge < -0.3 is 14.9 Å². The molecule has 0 heterocycles. The average Bonchev–Trinajstić information content (AvgIpc) is 2.52. The van der Waals surface area contributed by atoms with Gasteiger partial charge in [0.25, 0.3) is 0 Å². The lowest BCUT2D eigenvalue weighted by Gasteiger charge is -2.08. The molecule has 0 aliphatic rings. The summed E-state index contributed by atoms with van der Waals surface area (Å²) >= 11 is 0. The normalized spacial score (nSPS) is 12.1. The molecule has 0 bridgehead atoms. The van der Waals surface area contributed by atoms with Crippen LogP contribution in [0, 0.1) is 0 Å². The summed E-state index contributed by atoms with van der Waals surface area (Å²) in [5.41, 5.74) is 3.18. The van der Waals surface area contributed by atoms with Crippen molar-refractivity contribution < 1.29 is 14.9 Å². The van der Waals surface area contributed by atoms with Crippen LogP contribution in [-0.2, 0) is 19.6 Å². The lowest BCUT2D eigenvalue weighted by Crippen LogP contribution is -2.01. The molecule has 0 aliphatic heterocycles. The Kier molecular flexibility index (Phi) is 5.78. The predicted molar refractivity (Wildman–Crippen MR) is 83.1 cm³/mol. The molecule has 1 atom stereocenters. The fraction of sp³-hybridized carbons (Fsp3) is 0.333. The Hall–Kier alpha value is -1.84. The Bertz CT molecular complexity index is 529. The number of ether oxygens (including phenoxy) is 1. The molecule has 2 rings (SSSR count). The standard InChI is InChI=1S/C18H22O3/c1-14(20)2-3-15-8-10-18(11-9-15)21-13-17-6-4-16(12-19)5-7-17/h4-11,14,19-20H,2-3,12-13H2,1H3. The molecule has 2 aromatic carbocycles. The van der Waals surface area contributed by atoms with Crippen molar-refractivity contribution in [3.05, 3.63) is 65.2 Å². The van der Waals surface area contributed by atoms with Crippen molar-refractivity contribution in [3.63, 3.8) is 0 Å². The van der Waals surface area contributed by atoms with E-state index >= 15 is 0 Å². The highest BCUT2D eigenvalue weighted by Gasteiger charge is 2.00. The second-order valence-electron chi connectivity index (χ2n) is 5.29. The van der Waals surface area contributed by atoms with Crippen LogP contribution in [0.5, 0.6) is 5.75 Å². The molecule has 3 nitrogen and oxygen atoms in total. The van der Waals surface area contributed by atoms with Gasteiger partial charge in [0.05, 0.1) is 12.7 Å². The number of hydrogen-bond acceptors (Lipinski definition) is 3. The SMILES string of the molecule is CC(O)CCc1ccc(OCc2ccc(CO)cc2)cc1. The first-order chi connectivity index (χ1) is 10.2. The second kappa shape index (κ2) is 7.81. The molecule has 1 unspecified atom stereocenters. The van der Waals surface area contributed by atoms with E-state index in [1.807, 2.05) is 48.5 Å². The van der Waals surface area contributed by atoms with Crippen LogP contribution >= 0.6 is 0 Å². The van der Waals surface area contributed by atoms with Crippen molar-refractivity contribution in [1.82, 2.24) is 0 Å². The largest absolute Gasteiger partial charge is 0.489 e. The van der Waals surface area contributed by atoms with Gasteiger partial charge in [-0.3, -0.25) is 0 Å². The minimum Gasteiger partial charge on any atom is -0.489 e. The third-order valence-corrected chi connectivity index (χ3v) is 3.39. The van der Waals surface area contributed by atoms with E-state index in [1.165, 1.54) is 5.56 Å². The second-order valence-corrected chi connectivity index (χ2v) is 5.29. The molecule has 0 aliphatic carbocycles. The third-order valence-electron chi connectivity index (χ3n) is 3.39. The van der Waals surface area contributed by atoms with E-state index in [1.54, 1.807) is 6.92 Å². The molecule has 0 saturated carbocycles. The zero-order valence-electron chi connectivity index (χ0n) is 12.3. The van der Waals surface area contributed by atoms with E-state index in [9.17, 15) is 5.11 Å². The zero-order chi connectivity index (χ0) is 15.1. The molecular formula is C18H22O3. The number of aryl methyl sites for hydroxylation is 1. The molecule has 0 fully saturated rings. The van der Waals surface area contributed by atoms with E-state index in [-0.39, 0.29) is 12.7 Å². The van der Waals surface area contributed by atoms with Crippen LogP contribution in [0.1, 0.15) is 30.0 Å². The topological polar surface area (TPSA) is 49.7 Å². The summed E-state index contributed by atoms with van der Waals surface area (Å²) in [5, 5.41) is 18.3. The van der Waals surface area contributed by atoms with Gasteiger partial charge in [0, 0.05) is 0 Å². The molecule has 3 heteroatoms. The highest BCUT2D eigenvalue weighted by atomic mass is 16.5. The Balaban J connectivity index is 1.85. The quantitative estimate of drug-likeness (QED) is 0.822. The average molecular weight is 286 g/mol. The van der Waals surface area contributed by atoms with E-state index in [0.29, 0.717) is 6.61 Å². The van der Waals surface area contributed by atoms with Gasteiger partial charge >= 0.3 is 0 Å². The van der Waals surface area contributed by atoms with Crippen LogP contribution in [0.2, 0.25) is 0 Å². The van der Waals surface area contributed by atoms with E-state index in [2.05, 4.69) is 0 Å². The van der Waals surface area contributed by atoms with Crippen LogP contribution < -0.4 is 4.74 Å². The van der Waals surface area contributed by atoms with Crippen LogP contribution in [-0.4, -0.2) is 16.3 Å². The summed E-state index contributed by atoms with van der Waals surface area (Å²) in [6, 6.07) is 15.7. The van der Waals surface area contributed by atoms with Crippen molar-refractivity contribution in [1.29, 1.82) is 0 Å². The first-order valence-corrected chi connectivity index (χ1v) is 7.26. The molecule has 0 aromatic heterocycles. The third kappa shape index (κ3) is 5.21. The van der Waals surface area contributed by atoms with Crippen LogP contribution in [0.4, 0.5) is 0 Å². The van der Waals surface area contributed by atoms with E-state index in [0.717, 1.165) is 29.7 Å². The molecule has 0 saturated heterocycles. The zero-order valence-corrected chi connectivity index (χ0v) is 12.3. The first kappa shape index (κ1) is 15.5. The van der Waals surface area contributed by atoms with Crippen LogP contribution in [0.25, 0.3) is 0 Å². The van der Waals surface area contributed by atoms with Gasteiger partial charge in [0.15, 0.2) is 0 Å². The molecule has 2 aromatic rings. The van der Waals surface area contributed by atoms with Gasteiger partial charge in [-0.1, -0.05) is 36.4 Å². The van der Waals surface area contributed by atoms with Crippen molar-refractivity contribution in [2.75, 3.05) is 0 Å². The molecule has 21 heavy (non-hydrogen) atoms. The van der Waals surface area contributed by atoms with E-state index in [4.69, 9.17) is 9.84 Å². The van der Waals surface area contributed by atoms with Crippen LogP contribution in [0.15, 0.2) is 48.5 Å². The van der Waals surface area contributed by atoms with Gasteiger partial charge in [-0.25, -0.2) is 0 Å². The molecular weight excluding hydrogens is 264 g/mol. The number of hydrogen-bond donors (Lipinski definition) is 2. The maximum absolute atomic E-state index is 9.28. The van der Waals surface area contributed by atoms with Crippen molar-refractivity contribution in [2.24, 2.45) is 0 Å². The highest BCUT2D eigenvalue weighted by Crippen LogP contribution is 2.16. The Morgan fingerprint density at radius 3 is 2.05 bits per heavy atom. The first-order valence-electron chi connectivity index (χ1n) is 7.26. The van der Waals surface area contributed by atoms with Crippen molar-refractivity contribution in [2.45, 2.75) is 39.1 Å². The Morgan fingerprint density at radius 1 is 0.905 bits per heavy atom. The van der Waals surface area contributed by atoms with Gasteiger partial charge in [0.2, 0.25) is 0 Å². The summed E-state index contributed by atoms with van der Waals surface area (Å²) in [4.78, 5) is 0. The van der Waals surface area contributed by atoms with Crippen molar-refractivity contribution in [3.8, 4) is 5.75 Å². The monoisotopic (exact) mass is 286 g/mol. The summed E-state index contributed by atoms with van der Waals surface area (Å²) in [6.45, 7) is 2.38. The van der Waals surface area contributed by atoms with Gasteiger partial charge in [0.1, 0.15) is 12.4 Å². The minimum absolute atomic E-state index is 0.0645. The fourth-order valence-electron chi connectivity index (χ4n) is 2.04. The van der Waals surface area contributed by atoms with Gasteiger partial charge in [-0.05, 0) is 48.6 Å². The fourth-order valence-corrected chi connectivity index (χ4v) is 2.04. The van der Waals surface area contributed by atoms with Crippen molar-refractivity contribution >= 4 is 0 Å². The molecule has 112 valence electrons. The Labute approximate surface area is 125 Å². The summed E-state index contributed by atoms with van der Waals surface area (Å²) in [5.74, 6) is 0.835. The number of benzene rings is 2.